The number of carbonyl (C=O) groups is 1. The Morgan fingerprint density at radius 2 is 2.14 bits per heavy atom. The van der Waals surface area contributed by atoms with Crippen LogP contribution in [0.5, 0.6) is 0 Å². The molecule has 1 aromatic heterocycles. The number of halogens is 1. The first-order valence-corrected chi connectivity index (χ1v) is 8.62. The van der Waals surface area contributed by atoms with Crippen LogP contribution in [0.2, 0.25) is 5.02 Å². The van der Waals surface area contributed by atoms with Gasteiger partial charge in [0.15, 0.2) is 0 Å². The molecule has 0 aliphatic carbocycles. The molecule has 3 nitrogen and oxygen atoms in total. The minimum atomic E-state index is -1.01. The smallest absolute Gasteiger partial charge is 0.337 e. The Morgan fingerprint density at radius 1 is 1.43 bits per heavy atom. The number of benzene rings is 1. The van der Waals surface area contributed by atoms with Crippen molar-refractivity contribution in [1.82, 2.24) is 4.98 Å². The van der Waals surface area contributed by atoms with Gasteiger partial charge in [0.2, 0.25) is 0 Å². The minimum Gasteiger partial charge on any atom is -0.478 e. The van der Waals surface area contributed by atoms with Crippen molar-refractivity contribution in [3.8, 4) is 0 Å². The summed E-state index contributed by atoms with van der Waals surface area (Å²) in [6, 6.07) is 5.05. The highest BCUT2D eigenvalue weighted by Gasteiger charge is 2.18. The number of carboxylic acids is 1. The third kappa shape index (κ3) is 4.22. The molecule has 0 amide bonds. The number of hydrogen-bond acceptors (Lipinski definition) is 4. The van der Waals surface area contributed by atoms with Crippen LogP contribution in [0.4, 0.5) is 0 Å². The van der Waals surface area contributed by atoms with Gasteiger partial charge in [-0.1, -0.05) is 32.4 Å². The van der Waals surface area contributed by atoms with E-state index in [2.05, 4.69) is 31.1 Å². The minimum absolute atomic E-state index is 0.0599. The molecule has 1 heterocycles. The summed E-state index contributed by atoms with van der Waals surface area (Å²) in [5.74, 6) is -0.293. The van der Waals surface area contributed by atoms with E-state index < -0.39 is 5.97 Å². The third-order valence-electron chi connectivity index (χ3n) is 2.75. The molecular weight excluding hydrogens is 326 g/mol. The summed E-state index contributed by atoms with van der Waals surface area (Å²) in [6.45, 7) is 6.42. The summed E-state index contributed by atoms with van der Waals surface area (Å²) >= 11 is 9.08. The summed E-state index contributed by atoms with van der Waals surface area (Å²) in [4.78, 5) is 16.6. The van der Waals surface area contributed by atoms with Crippen molar-refractivity contribution in [2.45, 2.75) is 36.8 Å². The predicted octanol–water partition coefficient (Wildman–Crippen LogP) is 5.08. The molecule has 2 aromatic rings. The summed E-state index contributed by atoms with van der Waals surface area (Å²) in [7, 11) is 0. The molecule has 1 N–H and O–H groups in total. The number of aromatic nitrogens is 1. The van der Waals surface area contributed by atoms with E-state index in [0.29, 0.717) is 5.75 Å². The van der Waals surface area contributed by atoms with Gasteiger partial charge in [0.25, 0.3) is 0 Å². The van der Waals surface area contributed by atoms with Crippen LogP contribution in [0, 0.1) is 0 Å². The maximum absolute atomic E-state index is 11.1. The molecule has 0 fully saturated rings. The number of thiazole rings is 1. The van der Waals surface area contributed by atoms with E-state index in [1.54, 1.807) is 35.2 Å². The van der Waals surface area contributed by atoms with Crippen LogP contribution in [0.3, 0.4) is 0 Å². The summed E-state index contributed by atoms with van der Waals surface area (Å²) in [6.07, 6.45) is 0. The lowest BCUT2D eigenvalue weighted by molar-refractivity contribution is 0.0697. The lowest BCUT2D eigenvalue weighted by Gasteiger charge is -2.13. The first-order chi connectivity index (χ1) is 9.77. The molecule has 0 saturated carbocycles. The lowest BCUT2D eigenvalue weighted by Crippen LogP contribution is -2.10. The molecule has 0 unspecified atom stereocenters. The zero-order valence-electron chi connectivity index (χ0n) is 12.0. The number of thioether (sulfide) groups is 1. The molecule has 0 spiro atoms. The van der Waals surface area contributed by atoms with Crippen molar-refractivity contribution >= 4 is 40.7 Å². The normalized spacial score (nSPS) is 11.6. The molecule has 0 radical (unpaired) electrons. The van der Waals surface area contributed by atoms with E-state index in [9.17, 15) is 4.79 Å². The first-order valence-electron chi connectivity index (χ1n) is 6.38. The standard InChI is InChI=1S/C15H16ClNO2S2/c1-15(2,3)14-17-9(8-21-14)7-20-10-4-5-12(16)11(6-10)13(18)19/h4-6,8H,7H2,1-3H3,(H,18,19). The van der Waals surface area contributed by atoms with Gasteiger partial charge in [-0.2, -0.15) is 0 Å². The Balaban J connectivity index is 2.08. The van der Waals surface area contributed by atoms with Crippen molar-refractivity contribution < 1.29 is 9.90 Å². The van der Waals surface area contributed by atoms with Gasteiger partial charge in [0.1, 0.15) is 0 Å². The van der Waals surface area contributed by atoms with Crippen molar-refractivity contribution in [2.24, 2.45) is 0 Å². The summed E-state index contributed by atoms with van der Waals surface area (Å²) < 4.78 is 0. The number of aromatic carboxylic acids is 1. The quantitative estimate of drug-likeness (QED) is 0.787. The molecule has 0 bridgehead atoms. The number of nitrogens with zero attached hydrogens (tertiary/aromatic N) is 1. The Bertz CT molecular complexity index is 662. The van der Waals surface area contributed by atoms with Crippen molar-refractivity contribution in [2.75, 3.05) is 0 Å². The zero-order chi connectivity index (χ0) is 15.6. The Labute approximate surface area is 137 Å². The molecule has 112 valence electrons. The van der Waals surface area contributed by atoms with Crippen molar-refractivity contribution in [1.29, 1.82) is 0 Å². The first kappa shape index (κ1) is 16.3. The second kappa shape index (κ2) is 6.38. The van der Waals surface area contributed by atoms with Crippen LogP contribution in [0.15, 0.2) is 28.5 Å². The van der Waals surface area contributed by atoms with E-state index in [1.165, 1.54) is 0 Å². The van der Waals surface area contributed by atoms with Gasteiger partial charge in [0, 0.05) is 21.4 Å². The largest absolute Gasteiger partial charge is 0.478 e. The Hall–Kier alpha value is -1.04. The van der Waals surface area contributed by atoms with Crippen molar-refractivity contribution in [3.05, 3.63) is 44.9 Å². The van der Waals surface area contributed by atoms with Crippen LogP contribution in [-0.4, -0.2) is 16.1 Å². The van der Waals surface area contributed by atoms with Gasteiger partial charge in [-0.3, -0.25) is 0 Å². The highest BCUT2D eigenvalue weighted by molar-refractivity contribution is 7.98. The van der Waals surface area contributed by atoms with E-state index in [0.717, 1.165) is 15.6 Å². The van der Waals surface area contributed by atoms with E-state index in [-0.39, 0.29) is 16.0 Å². The highest BCUT2D eigenvalue weighted by atomic mass is 35.5. The zero-order valence-corrected chi connectivity index (χ0v) is 14.4. The summed E-state index contributed by atoms with van der Waals surface area (Å²) in [5, 5.41) is 12.5. The number of carboxylic acid groups (broad SMARTS) is 1. The summed E-state index contributed by atoms with van der Waals surface area (Å²) in [5.41, 5.74) is 1.21. The molecule has 0 aliphatic rings. The Morgan fingerprint density at radius 3 is 2.71 bits per heavy atom. The fourth-order valence-electron chi connectivity index (χ4n) is 1.63. The molecule has 6 heteroatoms. The molecule has 1 aromatic carbocycles. The van der Waals surface area contributed by atoms with E-state index in [4.69, 9.17) is 16.7 Å². The lowest BCUT2D eigenvalue weighted by atomic mass is 9.98. The maximum Gasteiger partial charge on any atom is 0.337 e. The van der Waals surface area contributed by atoms with E-state index >= 15 is 0 Å². The maximum atomic E-state index is 11.1. The number of rotatable bonds is 4. The van der Waals surface area contributed by atoms with Crippen LogP contribution in [0.25, 0.3) is 0 Å². The molecular formula is C15H16ClNO2S2. The molecule has 0 saturated heterocycles. The fourth-order valence-corrected chi connectivity index (χ4v) is 3.67. The average Bonchev–Trinajstić information content (AvgIpc) is 2.86. The van der Waals surface area contributed by atoms with Crippen LogP contribution >= 0.6 is 34.7 Å². The Kier molecular flexibility index (Phi) is 4.96. The van der Waals surface area contributed by atoms with Crippen LogP contribution < -0.4 is 0 Å². The second-order valence-electron chi connectivity index (χ2n) is 5.63. The monoisotopic (exact) mass is 341 g/mol. The topological polar surface area (TPSA) is 50.2 Å². The van der Waals surface area contributed by atoms with E-state index in [1.807, 2.05) is 6.07 Å². The molecule has 21 heavy (non-hydrogen) atoms. The second-order valence-corrected chi connectivity index (χ2v) is 7.94. The fraction of sp³-hybridized carbons (Fsp3) is 0.333. The van der Waals surface area contributed by atoms with Gasteiger partial charge < -0.3 is 5.11 Å². The third-order valence-corrected chi connectivity index (χ3v) is 5.42. The SMILES string of the molecule is CC(C)(C)c1nc(CSc2ccc(Cl)c(C(=O)O)c2)cs1. The average molecular weight is 342 g/mol. The highest BCUT2D eigenvalue weighted by Crippen LogP contribution is 2.30. The van der Waals surface area contributed by atoms with Crippen LogP contribution in [-0.2, 0) is 11.2 Å². The van der Waals surface area contributed by atoms with Gasteiger partial charge in [0.05, 0.1) is 21.3 Å². The van der Waals surface area contributed by atoms with Gasteiger partial charge >= 0.3 is 5.97 Å². The molecule has 0 atom stereocenters. The number of hydrogen-bond donors (Lipinski definition) is 1. The van der Waals surface area contributed by atoms with Crippen molar-refractivity contribution in [3.63, 3.8) is 0 Å². The van der Waals surface area contributed by atoms with Gasteiger partial charge in [-0.15, -0.1) is 23.1 Å². The van der Waals surface area contributed by atoms with Gasteiger partial charge in [-0.25, -0.2) is 9.78 Å². The van der Waals surface area contributed by atoms with Crippen LogP contribution in [0.1, 0.15) is 41.8 Å². The predicted molar refractivity (Wildman–Crippen MR) is 88.8 cm³/mol. The molecule has 2 rings (SSSR count). The van der Waals surface area contributed by atoms with Gasteiger partial charge in [-0.05, 0) is 18.2 Å². The molecule has 0 aliphatic heterocycles.